The standard InChI is InChI=1S/C21H20F2N2O3S2/c1-3-14-7-9-15(10-8-14)21-24-16(11-29-21)12-30(27,28)13(2)20(26)25-19-17(22)5-4-6-18(19)23/h4-11,13H,3,12H2,1-2H3,(H,25,26). The van der Waals surface area contributed by atoms with Crippen molar-refractivity contribution in [2.75, 3.05) is 5.32 Å². The van der Waals surface area contributed by atoms with Crippen LogP contribution in [0.25, 0.3) is 10.6 Å². The van der Waals surface area contributed by atoms with Gasteiger partial charge < -0.3 is 5.32 Å². The van der Waals surface area contributed by atoms with E-state index in [9.17, 15) is 22.0 Å². The summed E-state index contributed by atoms with van der Waals surface area (Å²) >= 11 is 1.31. The van der Waals surface area contributed by atoms with E-state index in [0.717, 1.165) is 30.2 Å². The molecule has 158 valence electrons. The number of nitrogens with zero attached hydrogens (tertiary/aromatic N) is 1. The second-order valence-electron chi connectivity index (χ2n) is 6.73. The molecule has 1 unspecified atom stereocenters. The number of hydrogen-bond acceptors (Lipinski definition) is 5. The summed E-state index contributed by atoms with van der Waals surface area (Å²) in [4.78, 5) is 16.7. The van der Waals surface area contributed by atoms with Crippen LogP contribution in [-0.4, -0.2) is 24.6 Å². The summed E-state index contributed by atoms with van der Waals surface area (Å²) in [6.07, 6.45) is 0.915. The van der Waals surface area contributed by atoms with Gasteiger partial charge in [0.2, 0.25) is 5.91 Å². The molecule has 0 saturated carbocycles. The van der Waals surface area contributed by atoms with Gasteiger partial charge >= 0.3 is 0 Å². The van der Waals surface area contributed by atoms with E-state index in [-0.39, 0.29) is 0 Å². The maximum absolute atomic E-state index is 13.7. The zero-order chi connectivity index (χ0) is 21.9. The third kappa shape index (κ3) is 4.91. The molecule has 0 bridgehead atoms. The van der Waals surface area contributed by atoms with Crippen molar-refractivity contribution in [1.82, 2.24) is 4.98 Å². The zero-order valence-electron chi connectivity index (χ0n) is 16.4. The van der Waals surface area contributed by atoms with Crippen LogP contribution in [0.1, 0.15) is 25.1 Å². The maximum Gasteiger partial charge on any atom is 0.242 e. The van der Waals surface area contributed by atoms with Crippen LogP contribution in [0.3, 0.4) is 0 Å². The number of hydrogen-bond donors (Lipinski definition) is 1. The molecule has 1 heterocycles. The molecule has 3 aromatic rings. The lowest BCUT2D eigenvalue weighted by Gasteiger charge is -2.13. The number of aromatic nitrogens is 1. The summed E-state index contributed by atoms with van der Waals surface area (Å²) in [6.45, 7) is 3.24. The van der Waals surface area contributed by atoms with E-state index >= 15 is 0 Å². The van der Waals surface area contributed by atoms with Crippen LogP contribution < -0.4 is 5.32 Å². The molecule has 1 atom stereocenters. The molecule has 1 amide bonds. The summed E-state index contributed by atoms with van der Waals surface area (Å²) in [6, 6.07) is 10.9. The SMILES string of the molecule is CCc1ccc(-c2nc(CS(=O)(=O)C(C)C(=O)Nc3c(F)cccc3F)cs2)cc1. The molecule has 1 N–H and O–H groups in total. The van der Waals surface area contributed by atoms with E-state index in [4.69, 9.17) is 0 Å². The third-order valence-corrected chi connectivity index (χ3v) is 7.56. The molecule has 0 radical (unpaired) electrons. The first-order valence-corrected chi connectivity index (χ1v) is 11.8. The van der Waals surface area contributed by atoms with Crippen molar-refractivity contribution in [1.29, 1.82) is 0 Å². The Labute approximate surface area is 177 Å². The average molecular weight is 451 g/mol. The van der Waals surface area contributed by atoms with Gasteiger partial charge in [-0.05, 0) is 31.0 Å². The van der Waals surface area contributed by atoms with Crippen LogP contribution in [0.2, 0.25) is 0 Å². The zero-order valence-corrected chi connectivity index (χ0v) is 18.0. The molecule has 3 rings (SSSR count). The number of carbonyl (C=O) groups excluding carboxylic acids is 1. The van der Waals surface area contributed by atoms with Crippen LogP contribution in [0.4, 0.5) is 14.5 Å². The molecule has 0 fully saturated rings. The number of rotatable bonds is 7. The minimum atomic E-state index is -3.95. The number of anilines is 1. The Kier molecular flexibility index (Phi) is 6.62. The minimum Gasteiger partial charge on any atom is -0.320 e. The quantitative estimate of drug-likeness (QED) is 0.571. The average Bonchev–Trinajstić information content (AvgIpc) is 3.18. The van der Waals surface area contributed by atoms with Gasteiger partial charge in [-0.2, -0.15) is 0 Å². The van der Waals surface area contributed by atoms with Crippen LogP contribution >= 0.6 is 11.3 Å². The highest BCUT2D eigenvalue weighted by atomic mass is 32.2. The number of benzene rings is 2. The van der Waals surface area contributed by atoms with Crippen LogP contribution in [0.15, 0.2) is 47.8 Å². The molecule has 1 aromatic heterocycles. The van der Waals surface area contributed by atoms with E-state index < -0.39 is 44.1 Å². The maximum atomic E-state index is 13.7. The van der Waals surface area contributed by atoms with E-state index in [0.29, 0.717) is 10.7 Å². The fourth-order valence-electron chi connectivity index (χ4n) is 2.73. The lowest BCUT2D eigenvalue weighted by molar-refractivity contribution is -0.115. The van der Waals surface area contributed by atoms with Gasteiger partial charge in [0.25, 0.3) is 0 Å². The van der Waals surface area contributed by atoms with Crippen LogP contribution in [-0.2, 0) is 26.8 Å². The second kappa shape index (κ2) is 9.01. The molecule has 0 aliphatic heterocycles. The monoisotopic (exact) mass is 450 g/mol. The number of nitrogens with one attached hydrogen (secondary N) is 1. The van der Waals surface area contributed by atoms with Gasteiger partial charge in [-0.3, -0.25) is 4.79 Å². The number of carbonyl (C=O) groups is 1. The summed E-state index contributed by atoms with van der Waals surface area (Å²) in [5.74, 6) is -3.42. The first kappa shape index (κ1) is 22.0. The van der Waals surface area contributed by atoms with Crippen LogP contribution in [0.5, 0.6) is 0 Å². The molecular formula is C21H20F2N2O3S2. The Balaban J connectivity index is 1.72. The minimum absolute atomic E-state index is 0.311. The van der Waals surface area contributed by atoms with Crippen molar-refractivity contribution in [3.05, 3.63) is 70.7 Å². The Morgan fingerprint density at radius 1 is 1.13 bits per heavy atom. The number of para-hydroxylation sites is 1. The third-order valence-electron chi connectivity index (χ3n) is 4.63. The summed E-state index contributed by atoms with van der Waals surface area (Å²) in [5, 5.41) is 2.82. The van der Waals surface area contributed by atoms with Crippen molar-refractivity contribution in [3.63, 3.8) is 0 Å². The predicted octanol–water partition coefficient (Wildman–Crippen LogP) is 4.59. The highest BCUT2D eigenvalue weighted by Gasteiger charge is 2.30. The van der Waals surface area contributed by atoms with Gasteiger partial charge in [0.1, 0.15) is 27.6 Å². The number of thiazole rings is 1. The van der Waals surface area contributed by atoms with Crippen molar-refractivity contribution in [2.24, 2.45) is 0 Å². The van der Waals surface area contributed by atoms with Gasteiger partial charge in [0.15, 0.2) is 9.84 Å². The topological polar surface area (TPSA) is 76.1 Å². The van der Waals surface area contributed by atoms with Crippen LogP contribution in [0, 0.1) is 11.6 Å². The molecule has 0 aliphatic carbocycles. The first-order valence-electron chi connectivity index (χ1n) is 9.21. The normalized spacial score (nSPS) is 12.5. The predicted molar refractivity (Wildman–Crippen MR) is 114 cm³/mol. The van der Waals surface area contributed by atoms with E-state index in [1.807, 2.05) is 29.6 Å². The van der Waals surface area contributed by atoms with Gasteiger partial charge in [0.05, 0.1) is 11.4 Å². The Morgan fingerprint density at radius 2 is 1.77 bits per heavy atom. The molecule has 0 aliphatic rings. The summed E-state index contributed by atoms with van der Waals surface area (Å²) in [7, 11) is -3.95. The Bertz CT molecular complexity index is 1140. The smallest absolute Gasteiger partial charge is 0.242 e. The molecule has 0 saturated heterocycles. The van der Waals surface area contributed by atoms with E-state index in [2.05, 4.69) is 11.9 Å². The Hall–Kier alpha value is -2.65. The Morgan fingerprint density at radius 3 is 2.37 bits per heavy atom. The van der Waals surface area contributed by atoms with Gasteiger partial charge in [-0.1, -0.05) is 37.3 Å². The number of aryl methyl sites for hydroxylation is 1. The van der Waals surface area contributed by atoms with Crippen molar-refractivity contribution < 1.29 is 22.0 Å². The lowest BCUT2D eigenvalue weighted by Crippen LogP contribution is -2.34. The highest BCUT2D eigenvalue weighted by Crippen LogP contribution is 2.26. The summed E-state index contributed by atoms with van der Waals surface area (Å²) < 4.78 is 52.7. The molecule has 2 aromatic carbocycles. The van der Waals surface area contributed by atoms with E-state index in [1.165, 1.54) is 23.8 Å². The lowest BCUT2D eigenvalue weighted by atomic mass is 10.1. The molecule has 5 nitrogen and oxygen atoms in total. The first-order chi connectivity index (χ1) is 14.2. The van der Waals surface area contributed by atoms with Crippen molar-refractivity contribution in [2.45, 2.75) is 31.3 Å². The van der Waals surface area contributed by atoms with Crippen molar-refractivity contribution >= 4 is 32.8 Å². The molecule has 9 heteroatoms. The largest absolute Gasteiger partial charge is 0.320 e. The number of sulfone groups is 1. The second-order valence-corrected chi connectivity index (χ2v) is 9.91. The highest BCUT2D eigenvalue weighted by molar-refractivity contribution is 7.92. The van der Waals surface area contributed by atoms with Gasteiger partial charge in [0, 0.05) is 10.9 Å². The molecular weight excluding hydrogens is 430 g/mol. The fourth-order valence-corrected chi connectivity index (χ4v) is 4.85. The summed E-state index contributed by atoms with van der Waals surface area (Å²) in [5.41, 5.74) is 1.70. The van der Waals surface area contributed by atoms with Crippen molar-refractivity contribution in [3.8, 4) is 10.6 Å². The van der Waals surface area contributed by atoms with Gasteiger partial charge in [-0.25, -0.2) is 22.2 Å². The number of halogens is 2. The fraction of sp³-hybridized carbons (Fsp3) is 0.238. The molecule has 0 spiro atoms. The molecule has 30 heavy (non-hydrogen) atoms. The van der Waals surface area contributed by atoms with Gasteiger partial charge in [-0.15, -0.1) is 11.3 Å². The number of amides is 1. The van der Waals surface area contributed by atoms with E-state index in [1.54, 1.807) is 5.38 Å².